The summed E-state index contributed by atoms with van der Waals surface area (Å²) in [7, 11) is -1.22. The van der Waals surface area contributed by atoms with E-state index in [1.807, 2.05) is 16.8 Å². The van der Waals surface area contributed by atoms with E-state index in [0.29, 0.717) is 38.9 Å². The average molecular weight is 444 g/mol. The fraction of sp³-hybridized carbons (Fsp3) is 0.211. The molecule has 8 heteroatoms. The molecule has 0 aliphatic heterocycles. The van der Waals surface area contributed by atoms with E-state index in [2.05, 4.69) is 4.98 Å². The normalized spacial score (nSPS) is 13.4. The maximum atomic E-state index is 12.7. The van der Waals surface area contributed by atoms with Crippen molar-refractivity contribution in [1.29, 1.82) is 0 Å². The van der Waals surface area contributed by atoms with Gasteiger partial charge in [-0.1, -0.05) is 40.9 Å². The molecule has 4 nitrogen and oxygen atoms in total. The first-order chi connectivity index (χ1) is 13.0. The monoisotopic (exact) mass is 442 g/mol. The van der Waals surface area contributed by atoms with Gasteiger partial charge in [-0.2, -0.15) is 0 Å². The maximum Gasteiger partial charge on any atom is 0.0946 e. The Hall–Kier alpha value is -1.37. The van der Waals surface area contributed by atoms with Crippen LogP contribution in [0.25, 0.3) is 0 Å². The Morgan fingerprint density at radius 1 is 1.07 bits per heavy atom. The molecule has 0 bridgehead atoms. The van der Waals surface area contributed by atoms with Crippen LogP contribution in [-0.4, -0.2) is 25.6 Å². The molecule has 2 atom stereocenters. The highest BCUT2D eigenvalue weighted by Crippen LogP contribution is 2.22. The summed E-state index contributed by atoms with van der Waals surface area (Å²) in [5.41, 5.74) is 0.828. The SMILES string of the molecule is O=S(CC(Cn1ccnc1)OCc1ccc(Cl)cc1Cl)c1ccc(Cl)cc1. The van der Waals surface area contributed by atoms with E-state index in [0.717, 1.165) is 5.56 Å². The van der Waals surface area contributed by atoms with Gasteiger partial charge in [0.25, 0.3) is 0 Å². The molecule has 0 amide bonds. The summed E-state index contributed by atoms with van der Waals surface area (Å²) < 4.78 is 20.7. The van der Waals surface area contributed by atoms with E-state index in [9.17, 15) is 4.21 Å². The molecule has 1 heterocycles. The van der Waals surface area contributed by atoms with Gasteiger partial charge in [-0.25, -0.2) is 4.98 Å². The summed E-state index contributed by atoms with van der Waals surface area (Å²) in [5.74, 6) is 0.338. The lowest BCUT2D eigenvalue weighted by atomic mass is 10.2. The third-order valence-corrected chi connectivity index (χ3v) is 6.19. The largest absolute Gasteiger partial charge is 0.371 e. The minimum Gasteiger partial charge on any atom is -0.371 e. The molecule has 2 aromatic carbocycles. The van der Waals surface area contributed by atoms with Gasteiger partial charge in [0.05, 0.1) is 42.1 Å². The van der Waals surface area contributed by atoms with Crippen molar-refractivity contribution in [3.8, 4) is 0 Å². The molecule has 0 aliphatic carbocycles. The topological polar surface area (TPSA) is 44.1 Å². The number of aromatic nitrogens is 2. The lowest BCUT2D eigenvalue weighted by molar-refractivity contribution is 0.0445. The van der Waals surface area contributed by atoms with E-state index >= 15 is 0 Å². The lowest BCUT2D eigenvalue weighted by Gasteiger charge is -2.19. The first-order valence-corrected chi connectivity index (χ1v) is 10.6. The van der Waals surface area contributed by atoms with Crippen LogP contribution in [0.1, 0.15) is 5.56 Å². The first kappa shape index (κ1) is 20.4. The van der Waals surface area contributed by atoms with Crippen molar-refractivity contribution in [2.24, 2.45) is 0 Å². The summed E-state index contributed by atoms with van der Waals surface area (Å²) in [6.07, 6.45) is 4.96. The van der Waals surface area contributed by atoms with Crippen molar-refractivity contribution < 1.29 is 8.95 Å². The number of hydrogen-bond donors (Lipinski definition) is 0. The van der Waals surface area contributed by atoms with Gasteiger partial charge in [0.15, 0.2) is 0 Å². The van der Waals surface area contributed by atoms with Gasteiger partial charge in [0.1, 0.15) is 0 Å². The molecule has 0 fully saturated rings. The number of ether oxygens (including phenoxy) is 1. The van der Waals surface area contributed by atoms with Crippen LogP contribution in [0, 0.1) is 0 Å². The summed E-state index contributed by atoms with van der Waals surface area (Å²) in [4.78, 5) is 4.76. The van der Waals surface area contributed by atoms with Gasteiger partial charge in [0, 0.05) is 32.4 Å². The Bertz CT molecular complexity index is 902. The van der Waals surface area contributed by atoms with Crippen molar-refractivity contribution >= 4 is 45.6 Å². The van der Waals surface area contributed by atoms with Crippen LogP contribution in [0.2, 0.25) is 15.1 Å². The minimum atomic E-state index is -1.22. The number of imidazole rings is 1. The third-order valence-electron chi connectivity index (χ3n) is 3.88. The first-order valence-electron chi connectivity index (χ1n) is 8.16. The second-order valence-corrected chi connectivity index (χ2v) is 8.67. The predicted molar refractivity (Wildman–Crippen MR) is 110 cm³/mol. The number of nitrogens with zero attached hydrogens (tertiary/aromatic N) is 2. The fourth-order valence-electron chi connectivity index (χ4n) is 2.48. The molecular formula is C19H17Cl3N2O2S. The zero-order valence-electron chi connectivity index (χ0n) is 14.2. The highest BCUT2D eigenvalue weighted by molar-refractivity contribution is 7.85. The van der Waals surface area contributed by atoms with Crippen LogP contribution in [0.5, 0.6) is 0 Å². The van der Waals surface area contributed by atoms with Gasteiger partial charge >= 0.3 is 0 Å². The summed E-state index contributed by atoms with van der Waals surface area (Å²) in [6.45, 7) is 0.831. The van der Waals surface area contributed by atoms with E-state index in [1.165, 1.54) is 0 Å². The lowest BCUT2D eigenvalue weighted by Crippen LogP contribution is -2.26. The van der Waals surface area contributed by atoms with Crippen molar-refractivity contribution in [2.45, 2.75) is 24.2 Å². The van der Waals surface area contributed by atoms with E-state index in [-0.39, 0.29) is 6.10 Å². The molecule has 0 saturated heterocycles. The van der Waals surface area contributed by atoms with Crippen molar-refractivity contribution in [3.63, 3.8) is 0 Å². The van der Waals surface area contributed by atoms with Gasteiger partial charge in [-0.3, -0.25) is 4.21 Å². The Morgan fingerprint density at radius 3 is 2.48 bits per heavy atom. The molecule has 0 saturated carbocycles. The van der Waals surface area contributed by atoms with Crippen LogP contribution in [0.3, 0.4) is 0 Å². The Morgan fingerprint density at radius 2 is 1.81 bits per heavy atom. The number of rotatable bonds is 8. The highest BCUT2D eigenvalue weighted by Gasteiger charge is 2.17. The van der Waals surface area contributed by atoms with Gasteiger partial charge in [-0.05, 0) is 42.0 Å². The standard InChI is InChI=1S/C19H17Cl3N2O2S/c20-15-3-5-18(6-4-15)27(25)12-17(10-24-8-7-23-13-24)26-11-14-1-2-16(21)9-19(14)22/h1-9,13,17H,10-12H2. The van der Waals surface area contributed by atoms with E-state index in [1.54, 1.807) is 48.9 Å². The molecular weight excluding hydrogens is 427 g/mol. The van der Waals surface area contributed by atoms with Crippen LogP contribution in [0.4, 0.5) is 0 Å². The summed E-state index contributed by atoms with van der Waals surface area (Å²) in [5, 5.41) is 1.73. The Kier molecular flexibility index (Phi) is 7.33. The van der Waals surface area contributed by atoms with Crippen LogP contribution in [0.15, 0.2) is 66.1 Å². The fourth-order valence-corrected chi connectivity index (χ4v) is 4.24. The zero-order chi connectivity index (χ0) is 19.2. The zero-order valence-corrected chi connectivity index (χ0v) is 17.3. The smallest absolute Gasteiger partial charge is 0.0946 e. The van der Waals surface area contributed by atoms with Crippen LogP contribution < -0.4 is 0 Å². The van der Waals surface area contributed by atoms with Gasteiger partial charge in [0.2, 0.25) is 0 Å². The molecule has 142 valence electrons. The molecule has 3 rings (SSSR count). The molecule has 0 aliphatic rings. The second-order valence-electron chi connectivity index (χ2n) is 5.89. The molecule has 3 aromatic rings. The number of hydrogen-bond acceptors (Lipinski definition) is 3. The second kappa shape index (κ2) is 9.71. The molecule has 2 unspecified atom stereocenters. The molecule has 0 N–H and O–H groups in total. The molecule has 0 radical (unpaired) electrons. The predicted octanol–water partition coefficient (Wildman–Crippen LogP) is 5.24. The van der Waals surface area contributed by atoms with E-state index < -0.39 is 10.8 Å². The number of halogens is 3. The van der Waals surface area contributed by atoms with Crippen molar-refractivity contribution in [1.82, 2.24) is 9.55 Å². The average Bonchev–Trinajstić information content (AvgIpc) is 3.14. The Balaban J connectivity index is 1.70. The van der Waals surface area contributed by atoms with Crippen molar-refractivity contribution in [2.75, 3.05) is 5.75 Å². The van der Waals surface area contributed by atoms with Crippen LogP contribution >= 0.6 is 34.8 Å². The summed E-state index contributed by atoms with van der Waals surface area (Å²) in [6, 6.07) is 12.3. The summed E-state index contributed by atoms with van der Waals surface area (Å²) >= 11 is 18.1. The molecule has 1 aromatic heterocycles. The highest BCUT2D eigenvalue weighted by atomic mass is 35.5. The molecule has 27 heavy (non-hydrogen) atoms. The maximum absolute atomic E-state index is 12.7. The van der Waals surface area contributed by atoms with Gasteiger partial charge in [-0.15, -0.1) is 0 Å². The van der Waals surface area contributed by atoms with Crippen molar-refractivity contribution in [3.05, 3.63) is 81.8 Å². The minimum absolute atomic E-state index is 0.289. The Labute approximate surface area is 175 Å². The third kappa shape index (κ3) is 6.06. The van der Waals surface area contributed by atoms with E-state index in [4.69, 9.17) is 39.5 Å². The van der Waals surface area contributed by atoms with Crippen LogP contribution in [-0.2, 0) is 28.7 Å². The number of benzene rings is 2. The molecule has 0 spiro atoms. The quantitative estimate of drug-likeness (QED) is 0.478. The van der Waals surface area contributed by atoms with Gasteiger partial charge < -0.3 is 9.30 Å².